The van der Waals surface area contributed by atoms with Gasteiger partial charge in [-0.25, -0.2) is 19.9 Å². The predicted octanol–water partition coefficient (Wildman–Crippen LogP) is 11.2. The summed E-state index contributed by atoms with van der Waals surface area (Å²) in [6.45, 7) is 0. The highest BCUT2D eigenvalue weighted by molar-refractivity contribution is 6.34. The van der Waals surface area contributed by atoms with Gasteiger partial charge in [-0.15, -0.1) is 0 Å². The summed E-state index contributed by atoms with van der Waals surface area (Å²) in [5, 5.41) is -1.39. The van der Waals surface area contributed by atoms with Crippen LogP contribution in [0.4, 0.5) is 0 Å². The average Bonchev–Trinajstić information content (AvgIpc) is 3.77. The number of hydrogen-bond acceptors (Lipinski definition) is 6. The lowest BCUT2D eigenvalue weighted by atomic mass is 9.93. The van der Waals surface area contributed by atoms with E-state index in [1.165, 1.54) is 0 Å². The van der Waals surface area contributed by atoms with Crippen molar-refractivity contribution in [2.24, 2.45) is 0 Å². The topological polar surface area (TPSA) is 82.3 Å². The van der Waals surface area contributed by atoms with Gasteiger partial charge in [-0.1, -0.05) is 157 Å². The zero-order chi connectivity index (χ0) is 52.8. The van der Waals surface area contributed by atoms with Crippen molar-refractivity contribution in [3.05, 3.63) is 175 Å². The van der Waals surface area contributed by atoms with Crippen molar-refractivity contribution in [3.8, 4) is 62.9 Å². The van der Waals surface area contributed by atoms with Crippen LogP contribution in [-0.4, -0.2) is 34.5 Å². The molecule has 0 saturated carbocycles. The van der Waals surface area contributed by atoms with E-state index < -0.39 is 155 Å². The number of fused-ring (bicyclic) bond motifs is 3. The van der Waals surface area contributed by atoms with Gasteiger partial charge in [0.1, 0.15) is 0 Å². The summed E-state index contributed by atoms with van der Waals surface area (Å²) >= 11 is 0. The van der Waals surface area contributed by atoms with E-state index in [1.807, 2.05) is 0 Å². The maximum atomic E-state index is 10.0. The fraction of sp³-hybridized carbons (Fsp3) is 0. The third-order valence-electron chi connectivity index (χ3n) is 8.91. The minimum atomic E-state index is -0.740. The van der Waals surface area contributed by atoms with Crippen LogP contribution in [0.2, 0.25) is 0 Å². The Labute approximate surface area is 342 Å². The lowest BCUT2D eigenvalue weighted by Crippen LogP contribution is -2.06. The monoisotopic (exact) mass is 722 g/mol. The molecule has 0 amide bonds. The molecule has 0 spiro atoms. The van der Waals surface area contributed by atoms with Crippen LogP contribution in [0.25, 0.3) is 106 Å². The summed E-state index contributed by atoms with van der Waals surface area (Å²) in [4.78, 5) is 27.5. The standard InChI is InChI=1S/C48H29N7/c1-5-15-30(16-6-1)43-49-44(31-17-7-2-8-18-31)51-47(50-43)34-27-28-35-36-23-13-25-39-41(36)42-37(38(35)29-34)24-14-26-40(42)55(39)48-53-45(32-19-9-3-10-20-32)52-46(54-48)33-21-11-4-12-22-33/h1-29H/i1D,3D,5D,6D,9D,10D,13D,14D,15D,16D,19D,20D,23D,24D,25D,26D,27D,28D,29D. The fourth-order valence-electron chi connectivity index (χ4n) is 6.53. The van der Waals surface area contributed by atoms with E-state index in [9.17, 15) is 12.3 Å². The van der Waals surface area contributed by atoms with E-state index in [-0.39, 0.29) is 55.0 Å². The Morgan fingerprint density at radius 2 is 0.800 bits per heavy atom. The van der Waals surface area contributed by atoms with Crippen LogP contribution in [0.5, 0.6) is 0 Å². The SMILES string of the molecule is [2H]c1c([2H])c([2H])c(-c2nc(-c3ccccc3)nc(-c3c([2H])c([2H])c4c(c3[2H])c3c([2H])c([2H])c([2H])c5c3c3c4c([2H])c([2H])c([2H])c3n5-c3nc(-c4ccccc4)nc(-c4c([2H])c([2H])c([2H])c([2H])c4[2H])n3)n2)c([2H])c1[2H]. The zero-order valence-electron chi connectivity index (χ0n) is 46.9. The second-order valence-electron chi connectivity index (χ2n) is 12.1. The summed E-state index contributed by atoms with van der Waals surface area (Å²) < 4.78 is 172. The molecule has 3 heterocycles. The Morgan fingerprint density at radius 1 is 0.345 bits per heavy atom. The van der Waals surface area contributed by atoms with Crippen LogP contribution in [-0.2, 0) is 0 Å². The number of aromatic nitrogens is 7. The number of nitrogens with zero attached hydrogens (tertiary/aromatic N) is 7. The summed E-state index contributed by atoms with van der Waals surface area (Å²) in [5.41, 5.74) is -1.20. The van der Waals surface area contributed by atoms with E-state index >= 15 is 0 Å². The molecule has 0 aliphatic heterocycles. The molecule has 11 rings (SSSR count). The number of benzene rings is 8. The van der Waals surface area contributed by atoms with Gasteiger partial charge in [0.25, 0.3) is 0 Å². The van der Waals surface area contributed by atoms with Crippen molar-refractivity contribution in [1.82, 2.24) is 34.5 Å². The highest BCUT2D eigenvalue weighted by Gasteiger charge is 2.23. The lowest BCUT2D eigenvalue weighted by molar-refractivity contribution is 0.954. The van der Waals surface area contributed by atoms with Crippen molar-refractivity contribution >= 4 is 43.4 Å². The lowest BCUT2D eigenvalue weighted by Gasteiger charge is -2.12. The van der Waals surface area contributed by atoms with Crippen LogP contribution in [0.3, 0.4) is 0 Å². The van der Waals surface area contributed by atoms with Gasteiger partial charge in [0.05, 0.1) is 37.1 Å². The number of hydrogen-bond donors (Lipinski definition) is 0. The largest absolute Gasteiger partial charge is 0.278 e. The molecule has 7 nitrogen and oxygen atoms in total. The molecular formula is C48H29N7. The van der Waals surface area contributed by atoms with Crippen molar-refractivity contribution in [3.63, 3.8) is 0 Å². The molecule has 0 aliphatic rings. The molecule has 0 unspecified atom stereocenters. The Kier molecular flexibility index (Phi) is 3.97. The second-order valence-corrected chi connectivity index (χ2v) is 12.1. The van der Waals surface area contributed by atoms with Gasteiger partial charge >= 0.3 is 0 Å². The summed E-state index contributed by atoms with van der Waals surface area (Å²) in [7, 11) is 0. The Morgan fingerprint density at radius 3 is 1.35 bits per heavy atom. The molecular weight excluding hydrogens is 675 g/mol. The Bertz CT molecular complexity index is 4250. The highest BCUT2D eigenvalue weighted by atomic mass is 15.2. The van der Waals surface area contributed by atoms with Gasteiger partial charge in [-0.05, 0) is 39.7 Å². The van der Waals surface area contributed by atoms with Crippen molar-refractivity contribution in [1.29, 1.82) is 0 Å². The van der Waals surface area contributed by atoms with Crippen molar-refractivity contribution in [2.45, 2.75) is 0 Å². The highest BCUT2D eigenvalue weighted by Crippen LogP contribution is 2.44. The molecule has 0 atom stereocenters. The van der Waals surface area contributed by atoms with Gasteiger partial charge in [-0.3, -0.25) is 4.57 Å². The summed E-state index contributed by atoms with van der Waals surface area (Å²) in [5.74, 6) is -2.04. The molecule has 55 heavy (non-hydrogen) atoms. The van der Waals surface area contributed by atoms with Crippen LogP contribution in [0.15, 0.2) is 175 Å². The molecule has 0 bridgehead atoms. The van der Waals surface area contributed by atoms with Gasteiger partial charge in [0, 0.05) is 38.6 Å². The molecule has 0 fully saturated rings. The van der Waals surface area contributed by atoms with E-state index in [2.05, 4.69) is 24.9 Å². The molecule has 0 saturated heterocycles. The minimum absolute atomic E-state index is 0.100. The predicted molar refractivity (Wildman–Crippen MR) is 221 cm³/mol. The molecule has 0 radical (unpaired) electrons. The van der Waals surface area contributed by atoms with E-state index in [0.29, 0.717) is 11.1 Å². The molecule has 0 N–H and O–H groups in total. The molecule has 3 aromatic heterocycles. The summed E-state index contributed by atoms with van der Waals surface area (Å²) in [6.07, 6.45) is 0. The zero-order valence-corrected chi connectivity index (χ0v) is 27.9. The maximum Gasteiger partial charge on any atom is 0.238 e. The number of rotatable bonds is 6. The van der Waals surface area contributed by atoms with Crippen LogP contribution in [0.1, 0.15) is 26.0 Å². The first-order valence-electron chi connectivity index (χ1n) is 26.2. The third kappa shape index (κ3) is 5.13. The Hall–Kier alpha value is -7.64. The van der Waals surface area contributed by atoms with Gasteiger partial charge in [0.2, 0.25) is 5.95 Å². The summed E-state index contributed by atoms with van der Waals surface area (Å²) in [6, 6.07) is 3.59. The minimum Gasteiger partial charge on any atom is -0.278 e. The first-order valence-corrected chi connectivity index (χ1v) is 16.7. The Balaban J connectivity index is 1.32. The smallest absolute Gasteiger partial charge is 0.238 e. The van der Waals surface area contributed by atoms with Crippen LogP contribution < -0.4 is 0 Å². The van der Waals surface area contributed by atoms with E-state index in [1.54, 1.807) is 60.7 Å². The molecule has 11 aromatic rings. The molecule has 0 aliphatic carbocycles. The maximum absolute atomic E-state index is 10.0. The first kappa shape index (κ1) is 17.5. The normalized spacial score (nSPS) is 16.5. The van der Waals surface area contributed by atoms with E-state index in [4.69, 9.17) is 18.7 Å². The quantitative estimate of drug-likeness (QED) is 0.159. The second kappa shape index (κ2) is 12.5. The van der Waals surface area contributed by atoms with E-state index in [0.717, 1.165) is 4.57 Å². The van der Waals surface area contributed by atoms with Crippen molar-refractivity contribution in [2.75, 3.05) is 0 Å². The van der Waals surface area contributed by atoms with Gasteiger partial charge < -0.3 is 0 Å². The first-order chi connectivity index (χ1) is 35.2. The fourth-order valence-corrected chi connectivity index (χ4v) is 6.53. The van der Waals surface area contributed by atoms with Crippen LogP contribution in [0, 0.1) is 0 Å². The van der Waals surface area contributed by atoms with Gasteiger partial charge in [-0.2, -0.15) is 9.97 Å². The average molecular weight is 723 g/mol. The molecule has 7 heteroatoms. The van der Waals surface area contributed by atoms with Crippen LogP contribution >= 0.6 is 0 Å². The van der Waals surface area contributed by atoms with Crippen molar-refractivity contribution < 1.29 is 26.0 Å². The molecule has 256 valence electrons. The third-order valence-corrected chi connectivity index (χ3v) is 8.91. The molecule has 8 aromatic carbocycles. The van der Waals surface area contributed by atoms with Gasteiger partial charge in [0.15, 0.2) is 29.1 Å².